The number of nitrogens with zero attached hydrogens (tertiary/aromatic N) is 4. The lowest BCUT2D eigenvalue weighted by molar-refractivity contribution is 0.103. The topological polar surface area (TPSA) is 70.7 Å². The Bertz CT molecular complexity index is 1550. The second-order valence-corrected chi connectivity index (χ2v) is 10.1. The Morgan fingerprint density at radius 1 is 0.750 bits per heavy atom. The molecule has 0 radical (unpaired) electrons. The first kappa shape index (κ1) is 27.0. The molecule has 0 spiro atoms. The molecule has 0 aliphatic carbocycles. The molecule has 1 saturated heterocycles. The molecule has 204 valence electrons. The number of hydrogen-bond acceptors (Lipinski definition) is 5. The first-order chi connectivity index (χ1) is 19.4. The quantitative estimate of drug-likeness (QED) is 0.237. The minimum absolute atomic E-state index is 0.0199. The van der Waals surface area contributed by atoms with Crippen LogP contribution in [0.2, 0.25) is 0 Å². The monoisotopic (exact) mass is 534 g/mol. The smallest absolute Gasteiger partial charge is 0.185 e. The van der Waals surface area contributed by atoms with E-state index in [0.29, 0.717) is 17.7 Å². The Morgan fingerprint density at radius 2 is 1.30 bits per heavy atom. The van der Waals surface area contributed by atoms with Gasteiger partial charge in [-0.2, -0.15) is 0 Å². The zero-order chi connectivity index (χ0) is 28.1. The molecular weight excluding hydrogens is 500 g/mol. The number of hydrogen-bond donors (Lipinski definition) is 1. The van der Waals surface area contributed by atoms with Gasteiger partial charge in [0, 0.05) is 93.0 Å². The van der Waals surface area contributed by atoms with Gasteiger partial charge < -0.3 is 19.1 Å². The number of carbonyl (C=O) groups is 2. The zero-order valence-corrected chi connectivity index (χ0v) is 22.9. The van der Waals surface area contributed by atoms with Crippen LogP contribution in [0.1, 0.15) is 37.7 Å². The summed E-state index contributed by atoms with van der Waals surface area (Å²) in [5.74, 6) is 0.0880. The molecule has 7 nitrogen and oxygen atoms in total. The summed E-state index contributed by atoms with van der Waals surface area (Å²) in [6, 6.07) is 20.6. The van der Waals surface area contributed by atoms with Crippen molar-refractivity contribution >= 4 is 29.4 Å². The molecule has 0 atom stereocenters. The number of phenols is 1. The number of carbonyl (C=O) groups excluding carboxylic acids is 2. The predicted octanol–water partition coefficient (Wildman–Crippen LogP) is 5.18. The molecule has 1 fully saturated rings. The van der Waals surface area contributed by atoms with Crippen LogP contribution in [0, 0.1) is 0 Å². The average molecular weight is 535 g/mol. The molecule has 40 heavy (non-hydrogen) atoms. The number of phenolic OH excluding ortho intramolecular Hbond substituents is 1. The molecule has 0 saturated carbocycles. The van der Waals surface area contributed by atoms with E-state index in [1.807, 2.05) is 90.2 Å². The molecule has 0 amide bonds. The maximum Gasteiger partial charge on any atom is 0.185 e. The average Bonchev–Trinajstić information content (AvgIpc) is 3.58. The van der Waals surface area contributed by atoms with E-state index in [0.717, 1.165) is 48.8 Å². The number of benzene rings is 2. The predicted molar refractivity (Wildman–Crippen MR) is 160 cm³/mol. The highest BCUT2D eigenvalue weighted by Crippen LogP contribution is 2.23. The van der Waals surface area contributed by atoms with Gasteiger partial charge in [-0.3, -0.25) is 14.5 Å². The number of aryl methyl sites for hydroxylation is 2. The van der Waals surface area contributed by atoms with Crippen LogP contribution in [0.15, 0.2) is 91.3 Å². The van der Waals surface area contributed by atoms with Crippen molar-refractivity contribution in [3.63, 3.8) is 0 Å². The molecule has 1 N–H and O–H groups in total. The van der Waals surface area contributed by atoms with Crippen molar-refractivity contribution in [3.05, 3.63) is 119 Å². The van der Waals surface area contributed by atoms with Crippen molar-refractivity contribution in [1.29, 1.82) is 0 Å². The van der Waals surface area contributed by atoms with Crippen LogP contribution in [0.3, 0.4) is 0 Å². The van der Waals surface area contributed by atoms with Gasteiger partial charge in [-0.25, -0.2) is 0 Å². The maximum atomic E-state index is 12.8. The molecule has 0 unspecified atom stereocenters. The number of allylic oxidation sites excluding steroid dienone is 2. The molecule has 7 heteroatoms. The lowest BCUT2D eigenvalue weighted by Crippen LogP contribution is -2.46. The summed E-state index contributed by atoms with van der Waals surface area (Å²) >= 11 is 0. The number of aromatic hydroxyl groups is 1. The third kappa shape index (κ3) is 6.33. The number of rotatable bonds is 9. The van der Waals surface area contributed by atoms with Crippen LogP contribution >= 0.6 is 0 Å². The van der Waals surface area contributed by atoms with Crippen molar-refractivity contribution < 1.29 is 14.7 Å². The third-order valence-corrected chi connectivity index (χ3v) is 7.43. The van der Waals surface area contributed by atoms with E-state index in [9.17, 15) is 14.7 Å². The SMILES string of the molecule is Cn1cccc1/C=C/C(=O)c1ccc(N2CCN(Cc3cc(C(=O)/C=C/c4cccn4C)ccc3O)CC2)cc1. The summed E-state index contributed by atoms with van der Waals surface area (Å²) in [5, 5.41) is 10.5. The first-order valence-electron chi connectivity index (χ1n) is 13.4. The molecular formula is C33H34N4O3. The minimum Gasteiger partial charge on any atom is -0.508 e. The van der Waals surface area contributed by atoms with Gasteiger partial charge in [0.1, 0.15) is 5.75 Å². The van der Waals surface area contributed by atoms with Crippen LogP contribution in [-0.2, 0) is 20.6 Å². The number of anilines is 1. The Labute approximate surface area is 234 Å². The highest BCUT2D eigenvalue weighted by molar-refractivity contribution is 6.07. The summed E-state index contributed by atoms with van der Waals surface area (Å²) in [6.07, 6.45) is 10.7. The largest absolute Gasteiger partial charge is 0.508 e. The zero-order valence-electron chi connectivity index (χ0n) is 22.9. The normalized spacial score (nSPS) is 14.4. The van der Waals surface area contributed by atoms with E-state index in [2.05, 4.69) is 9.80 Å². The van der Waals surface area contributed by atoms with Gasteiger partial charge in [0.15, 0.2) is 11.6 Å². The summed E-state index contributed by atoms with van der Waals surface area (Å²) < 4.78 is 3.92. The van der Waals surface area contributed by atoms with Crippen LogP contribution in [-0.4, -0.2) is 56.9 Å². The number of aromatic nitrogens is 2. The fourth-order valence-corrected chi connectivity index (χ4v) is 4.92. The Balaban J connectivity index is 1.16. The summed E-state index contributed by atoms with van der Waals surface area (Å²) in [6.45, 7) is 3.89. The van der Waals surface area contributed by atoms with Crippen LogP contribution in [0.5, 0.6) is 5.75 Å². The molecule has 1 aliphatic heterocycles. The highest BCUT2D eigenvalue weighted by Gasteiger charge is 2.19. The van der Waals surface area contributed by atoms with Crippen molar-refractivity contribution in [1.82, 2.24) is 14.0 Å². The summed E-state index contributed by atoms with van der Waals surface area (Å²) in [4.78, 5) is 29.9. The van der Waals surface area contributed by atoms with Gasteiger partial charge in [0.25, 0.3) is 0 Å². The first-order valence-corrected chi connectivity index (χ1v) is 13.4. The van der Waals surface area contributed by atoms with Crippen LogP contribution in [0.4, 0.5) is 5.69 Å². The second-order valence-electron chi connectivity index (χ2n) is 10.1. The standard InChI is InChI=1S/C33H34N4O3/c1-34-17-3-5-28(34)12-15-31(38)25-7-10-30(11-8-25)37-21-19-36(20-22-37)24-27-23-26(9-14-33(27)40)32(39)16-13-29-6-4-18-35(29)2/h3-18,23,40H,19-22,24H2,1-2H3/b15-12+,16-13+. The fourth-order valence-electron chi connectivity index (χ4n) is 4.92. The summed E-state index contributed by atoms with van der Waals surface area (Å²) in [5.41, 5.74) is 4.99. The molecule has 0 bridgehead atoms. The van der Waals surface area contributed by atoms with E-state index in [1.165, 1.54) is 0 Å². The highest BCUT2D eigenvalue weighted by atomic mass is 16.3. The maximum absolute atomic E-state index is 12.8. The van der Waals surface area contributed by atoms with Crippen LogP contribution in [0.25, 0.3) is 12.2 Å². The van der Waals surface area contributed by atoms with Crippen molar-refractivity contribution in [3.8, 4) is 5.75 Å². The number of piperazine rings is 1. The molecule has 2 aromatic heterocycles. The number of ketones is 2. The van der Waals surface area contributed by atoms with Gasteiger partial charge in [-0.05, 0) is 91.0 Å². The van der Waals surface area contributed by atoms with Crippen molar-refractivity contribution in [2.24, 2.45) is 14.1 Å². The second kappa shape index (κ2) is 12.1. The molecule has 3 heterocycles. The third-order valence-electron chi connectivity index (χ3n) is 7.43. The molecule has 5 rings (SSSR count). The van der Waals surface area contributed by atoms with Gasteiger partial charge in [-0.1, -0.05) is 0 Å². The van der Waals surface area contributed by atoms with Crippen molar-refractivity contribution in [2.75, 3.05) is 31.1 Å². The van der Waals surface area contributed by atoms with E-state index >= 15 is 0 Å². The van der Waals surface area contributed by atoms with E-state index in [-0.39, 0.29) is 17.3 Å². The molecule has 4 aromatic rings. The van der Waals surface area contributed by atoms with E-state index < -0.39 is 0 Å². The van der Waals surface area contributed by atoms with Gasteiger partial charge in [0.2, 0.25) is 0 Å². The molecule has 1 aliphatic rings. The van der Waals surface area contributed by atoms with E-state index in [4.69, 9.17) is 0 Å². The Hall–Kier alpha value is -4.62. The van der Waals surface area contributed by atoms with Gasteiger partial charge in [-0.15, -0.1) is 0 Å². The minimum atomic E-state index is -0.0929. The van der Waals surface area contributed by atoms with Crippen molar-refractivity contribution in [2.45, 2.75) is 6.54 Å². The lowest BCUT2D eigenvalue weighted by atomic mass is 10.0. The fraction of sp³-hybridized carbons (Fsp3) is 0.212. The Morgan fingerprint density at radius 3 is 1.85 bits per heavy atom. The van der Waals surface area contributed by atoms with Gasteiger partial charge in [0.05, 0.1) is 0 Å². The summed E-state index contributed by atoms with van der Waals surface area (Å²) in [7, 11) is 3.88. The molecule has 2 aromatic carbocycles. The van der Waals surface area contributed by atoms with Gasteiger partial charge >= 0.3 is 0 Å². The Kier molecular flexibility index (Phi) is 8.12. The lowest BCUT2D eigenvalue weighted by Gasteiger charge is -2.36. The van der Waals surface area contributed by atoms with Crippen LogP contribution < -0.4 is 4.90 Å². The van der Waals surface area contributed by atoms with E-state index in [1.54, 1.807) is 36.4 Å².